The van der Waals surface area contributed by atoms with Crippen molar-refractivity contribution < 1.29 is 23.0 Å². The highest BCUT2D eigenvalue weighted by Crippen LogP contribution is 2.46. The smallest absolute Gasteiger partial charge is 0.250 e. The number of rotatable bonds is 12. The minimum absolute atomic E-state index is 0.0145. The number of nitrogens with zero attached hydrogens (tertiary/aromatic N) is 1. The number of alkyl halides is 2. The number of hydrogen-bond acceptors (Lipinski definition) is 4. The van der Waals surface area contributed by atoms with Crippen molar-refractivity contribution in [1.82, 2.24) is 10.2 Å². The second-order valence-corrected chi connectivity index (χ2v) is 9.55. The Hall–Kier alpha value is -1.89. The van der Waals surface area contributed by atoms with Gasteiger partial charge in [-0.1, -0.05) is 12.5 Å². The molecule has 1 saturated carbocycles. The van der Waals surface area contributed by atoms with Gasteiger partial charge in [0.25, 0.3) is 5.92 Å². The number of ether oxygens (including phenoxy) is 2. The number of likely N-dealkylation sites (tertiary alicyclic amines) is 1. The normalized spacial score (nSPS) is 19.7. The first-order valence-corrected chi connectivity index (χ1v) is 12.3. The Kier molecular flexibility index (Phi) is 7.87. The molecule has 0 spiro atoms. The Morgan fingerprint density at radius 1 is 1.09 bits per heavy atom. The standard InChI is InChI=1S/C25H36F2N2O3/c26-25(27,20-8-9-20)11-3-1-2-6-24(30)28-21(18-29-12-4-5-13-29)16-19-7-10-22-23(17-19)32-15-14-31-22/h7,10,17,20-21H,1-6,8-9,11-16,18H2,(H,28,30)/t21-/m0/s1. The average Bonchev–Trinajstić information content (AvgIpc) is 3.52. The maximum atomic E-state index is 13.8. The van der Waals surface area contributed by atoms with Gasteiger partial charge in [0.2, 0.25) is 5.91 Å². The highest BCUT2D eigenvalue weighted by Gasteiger charge is 2.45. The van der Waals surface area contributed by atoms with Crippen LogP contribution in [0.1, 0.15) is 63.4 Å². The molecule has 1 amide bonds. The number of nitrogens with one attached hydrogen (secondary N) is 1. The minimum Gasteiger partial charge on any atom is -0.486 e. The molecule has 178 valence electrons. The highest BCUT2D eigenvalue weighted by atomic mass is 19.3. The molecule has 3 aliphatic rings. The molecule has 2 aliphatic heterocycles. The van der Waals surface area contributed by atoms with Crippen LogP contribution in [0, 0.1) is 5.92 Å². The molecule has 0 radical (unpaired) electrons. The zero-order valence-electron chi connectivity index (χ0n) is 18.9. The Bertz CT molecular complexity index is 764. The van der Waals surface area contributed by atoms with E-state index in [9.17, 15) is 13.6 Å². The SMILES string of the molecule is O=C(CCCCCC(F)(F)C1CC1)N[C@@H](Cc1ccc2c(c1)OCCO2)CN1CCCC1. The van der Waals surface area contributed by atoms with E-state index in [0.29, 0.717) is 51.7 Å². The molecule has 0 unspecified atom stereocenters. The maximum absolute atomic E-state index is 13.8. The van der Waals surface area contributed by atoms with Gasteiger partial charge in [-0.05, 0) is 75.7 Å². The molecule has 32 heavy (non-hydrogen) atoms. The number of fused-ring (bicyclic) bond motifs is 1. The Morgan fingerprint density at radius 2 is 1.84 bits per heavy atom. The number of halogens is 2. The number of carbonyl (C=O) groups is 1. The van der Waals surface area contributed by atoms with Crippen molar-refractivity contribution in [2.75, 3.05) is 32.8 Å². The second kappa shape index (κ2) is 10.8. The first kappa shape index (κ1) is 23.3. The van der Waals surface area contributed by atoms with E-state index >= 15 is 0 Å². The predicted octanol–water partition coefficient (Wildman–Crippen LogP) is 4.58. The zero-order valence-corrected chi connectivity index (χ0v) is 18.9. The van der Waals surface area contributed by atoms with Crippen molar-refractivity contribution in [3.05, 3.63) is 23.8 Å². The van der Waals surface area contributed by atoms with Crippen LogP contribution >= 0.6 is 0 Å². The molecule has 4 rings (SSSR count). The van der Waals surface area contributed by atoms with Gasteiger partial charge in [0.05, 0.1) is 0 Å². The van der Waals surface area contributed by atoms with Crippen molar-refractivity contribution in [3.8, 4) is 11.5 Å². The zero-order chi connectivity index (χ0) is 22.4. The summed E-state index contributed by atoms with van der Waals surface area (Å²) in [4.78, 5) is 15.0. The van der Waals surface area contributed by atoms with E-state index in [1.165, 1.54) is 12.8 Å². The molecule has 1 N–H and O–H groups in total. The van der Waals surface area contributed by atoms with E-state index in [4.69, 9.17) is 9.47 Å². The third kappa shape index (κ3) is 6.80. The van der Waals surface area contributed by atoms with Gasteiger partial charge in [-0.2, -0.15) is 0 Å². The van der Waals surface area contributed by atoms with Gasteiger partial charge < -0.3 is 19.7 Å². The monoisotopic (exact) mass is 450 g/mol. The number of amides is 1. The molecule has 7 heteroatoms. The van der Waals surface area contributed by atoms with Gasteiger partial charge >= 0.3 is 0 Å². The molecule has 2 heterocycles. The van der Waals surface area contributed by atoms with Gasteiger partial charge in [0, 0.05) is 31.3 Å². The highest BCUT2D eigenvalue weighted by molar-refractivity contribution is 5.76. The molecule has 0 aromatic heterocycles. The number of benzene rings is 1. The Labute approximate surface area is 189 Å². The summed E-state index contributed by atoms with van der Waals surface area (Å²) in [5.74, 6) is -1.35. The molecule has 5 nitrogen and oxygen atoms in total. The second-order valence-electron chi connectivity index (χ2n) is 9.55. The van der Waals surface area contributed by atoms with Crippen LogP contribution in [0.4, 0.5) is 8.78 Å². The summed E-state index contributed by atoms with van der Waals surface area (Å²) in [6, 6.07) is 6.01. The topological polar surface area (TPSA) is 50.8 Å². The third-order valence-corrected chi connectivity index (χ3v) is 6.72. The van der Waals surface area contributed by atoms with Crippen LogP contribution in [0.25, 0.3) is 0 Å². The molecule has 1 atom stereocenters. The van der Waals surface area contributed by atoms with Crippen LogP contribution in [-0.2, 0) is 11.2 Å². The van der Waals surface area contributed by atoms with E-state index in [0.717, 1.165) is 43.1 Å². The fraction of sp³-hybridized carbons (Fsp3) is 0.720. The lowest BCUT2D eigenvalue weighted by atomic mass is 10.0. The first-order chi connectivity index (χ1) is 15.5. The minimum atomic E-state index is -2.51. The lowest BCUT2D eigenvalue weighted by molar-refractivity contribution is -0.122. The van der Waals surface area contributed by atoms with E-state index in [2.05, 4.69) is 10.2 Å². The molecule has 0 bridgehead atoms. The van der Waals surface area contributed by atoms with Gasteiger partial charge in [-0.3, -0.25) is 4.79 Å². The number of carbonyl (C=O) groups excluding carboxylic acids is 1. The van der Waals surface area contributed by atoms with Gasteiger partial charge in [-0.25, -0.2) is 8.78 Å². The van der Waals surface area contributed by atoms with Crippen LogP contribution < -0.4 is 14.8 Å². The van der Waals surface area contributed by atoms with Crippen molar-refractivity contribution in [3.63, 3.8) is 0 Å². The summed E-state index contributed by atoms with van der Waals surface area (Å²) in [5.41, 5.74) is 1.11. The fourth-order valence-corrected chi connectivity index (χ4v) is 4.77. The van der Waals surface area contributed by atoms with E-state index in [1.54, 1.807) is 0 Å². The fourth-order valence-electron chi connectivity index (χ4n) is 4.77. The maximum Gasteiger partial charge on any atom is 0.250 e. The summed E-state index contributed by atoms with van der Waals surface area (Å²) < 4.78 is 38.9. The molecule has 1 aliphatic carbocycles. The number of hydrogen-bond donors (Lipinski definition) is 1. The molecular weight excluding hydrogens is 414 g/mol. The summed E-state index contributed by atoms with van der Waals surface area (Å²) >= 11 is 0. The lowest BCUT2D eigenvalue weighted by Crippen LogP contribution is -2.44. The molecular formula is C25H36F2N2O3. The van der Waals surface area contributed by atoms with E-state index < -0.39 is 11.8 Å². The molecule has 1 aromatic rings. The number of unbranched alkanes of at least 4 members (excludes halogenated alkanes) is 2. The average molecular weight is 451 g/mol. The van der Waals surface area contributed by atoms with Gasteiger partial charge in [0.15, 0.2) is 11.5 Å². The van der Waals surface area contributed by atoms with Crippen LogP contribution in [0.5, 0.6) is 11.5 Å². The molecule has 1 aromatic carbocycles. The van der Waals surface area contributed by atoms with Crippen LogP contribution in [-0.4, -0.2) is 55.6 Å². The van der Waals surface area contributed by atoms with Crippen molar-refractivity contribution in [2.24, 2.45) is 5.92 Å². The van der Waals surface area contributed by atoms with Crippen LogP contribution in [0.15, 0.2) is 18.2 Å². The predicted molar refractivity (Wildman–Crippen MR) is 119 cm³/mol. The lowest BCUT2D eigenvalue weighted by Gasteiger charge is -2.25. The molecule has 2 fully saturated rings. The quantitative estimate of drug-likeness (QED) is 0.474. The van der Waals surface area contributed by atoms with Crippen LogP contribution in [0.3, 0.4) is 0 Å². The summed E-state index contributed by atoms with van der Waals surface area (Å²) in [6.45, 7) is 4.09. The van der Waals surface area contributed by atoms with Crippen molar-refractivity contribution in [2.45, 2.75) is 76.2 Å². The van der Waals surface area contributed by atoms with E-state index in [-0.39, 0.29) is 18.4 Å². The first-order valence-electron chi connectivity index (χ1n) is 12.3. The van der Waals surface area contributed by atoms with Crippen molar-refractivity contribution >= 4 is 5.91 Å². The van der Waals surface area contributed by atoms with Gasteiger partial charge in [-0.15, -0.1) is 0 Å². The summed E-state index contributed by atoms with van der Waals surface area (Å²) in [5, 5.41) is 3.21. The largest absolute Gasteiger partial charge is 0.486 e. The summed E-state index contributed by atoms with van der Waals surface area (Å²) in [6.07, 6.45) is 6.65. The van der Waals surface area contributed by atoms with Crippen molar-refractivity contribution in [1.29, 1.82) is 0 Å². The van der Waals surface area contributed by atoms with Crippen LogP contribution in [0.2, 0.25) is 0 Å². The Balaban J connectivity index is 1.24. The third-order valence-electron chi connectivity index (χ3n) is 6.72. The summed E-state index contributed by atoms with van der Waals surface area (Å²) in [7, 11) is 0. The van der Waals surface area contributed by atoms with E-state index in [1.807, 2.05) is 18.2 Å². The molecule has 1 saturated heterocycles. The Morgan fingerprint density at radius 3 is 2.59 bits per heavy atom. The van der Waals surface area contributed by atoms with Gasteiger partial charge in [0.1, 0.15) is 13.2 Å².